The second kappa shape index (κ2) is 7.49. The Bertz CT molecular complexity index is 560. The molecule has 0 radical (unpaired) electrons. The van der Waals surface area contributed by atoms with Gasteiger partial charge in [-0.15, -0.1) is 0 Å². The van der Waals surface area contributed by atoms with E-state index < -0.39 is 5.60 Å². The minimum atomic E-state index is -1.05. The molecular weight excluding hydrogens is 311 g/mol. The molecule has 2 aliphatic heterocycles. The summed E-state index contributed by atoms with van der Waals surface area (Å²) >= 11 is 0. The number of piperidine rings is 2. The van der Waals surface area contributed by atoms with E-state index in [0.717, 1.165) is 32.4 Å². The van der Waals surface area contributed by atoms with E-state index in [2.05, 4.69) is 5.32 Å². The first-order valence-electron chi connectivity index (χ1n) is 8.66. The van der Waals surface area contributed by atoms with Crippen LogP contribution in [0.2, 0.25) is 0 Å². The summed E-state index contributed by atoms with van der Waals surface area (Å²) in [6, 6.07) is 5.74. The number of halogens is 1. The Balaban J connectivity index is 1.56. The SMILES string of the molecule is O=C(C1CCNCC1)N1CCC[C@@](O)(COc2ccc(F)cc2)C1. The van der Waals surface area contributed by atoms with E-state index >= 15 is 0 Å². The molecule has 0 unspecified atom stereocenters. The highest BCUT2D eigenvalue weighted by Crippen LogP contribution is 2.26. The molecule has 24 heavy (non-hydrogen) atoms. The van der Waals surface area contributed by atoms with Gasteiger partial charge in [0, 0.05) is 12.5 Å². The van der Waals surface area contributed by atoms with Crippen LogP contribution in [-0.2, 0) is 4.79 Å². The number of amides is 1. The summed E-state index contributed by atoms with van der Waals surface area (Å²) in [7, 11) is 0. The van der Waals surface area contributed by atoms with Gasteiger partial charge >= 0.3 is 0 Å². The lowest BCUT2D eigenvalue weighted by molar-refractivity contribution is -0.145. The number of ether oxygens (including phenoxy) is 1. The Labute approximate surface area is 141 Å². The van der Waals surface area contributed by atoms with Crippen LogP contribution in [0.15, 0.2) is 24.3 Å². The summed E-state index contributed by atoms with van der Waals surface area (Å²) in [5.74, 6) is 0.409. The standard InChI is InChI=1S/C18H25FN2O3/c19-15-2-4-16(5-3-15)24-13-18(23)8-1-11-21(12-18)17(22)14-6-9-20-10-7-14/h2-5,14,20,23H,1,6-13H2/t18-/m0/s1. The van der Waals surface area contributed by atoms with Crippen molar-refractivity contribution < 1.29 is 19.0 Å². The lowest BCUT2D eigenvalue weighted by Crippen LogP contribution is -2.55. The van der Waals surface area contributed by atoms with Crippen molar-refractivity contribution in [1.29, 1.82) is 0 Å². The molecule has 2 aliphatic rings. The molecule has 1 atom stereocenters. The van der Waals surface area contributed by atoms with Gasteiger partial charge in [0.05, 0.1) is 6.54 Å². The van der Waals surface area contributed by atoms with E-state index in [9.17, 15) is 14.3 Å². The number of nitrogens with zero attached hydrogens (tertiary/aromatic N) is 1. The van der Waals surface area contributed by atoms with Crippen molar-refractivity contribution in [2.75, 3.05) is 32.8 Å². The fourth-order valence-corrected chi connectivity index (χ4v) is 3.49. The number of nitrogens with one attached hydrogen (secondary N) is 1. The third-order valence-electron chi connectivity index (χ3n) is 4.88. The smallest absolute Gasteiger partial charge is 0.225 e. The van der Waals surface area contributed by atoms with E-state index in [1.54, 1.807) is 17.0 Å². The van der Waals surface area contributed by atoms with Crippen molar-refractivity contribution in [3.63, 3.8) is 0 Å². The van der Waals surface area contributed by atoms with Crippen LogP contribution in [-0.4, -0.2) is 54.3 Å². The molecule has 0 aromatic heterocycles. The van der Waals surface area contributed by atoms with Gasteiger partial charge in [-0.05, 0) is 63.0 Å². The molecule has 5 nitrogen and oxygen atoms in total. The van der Waals surface area contributed by atoms with Crippen LogP contribution < -0.4 is 10.1 Å². The van der Waals surface area contributed by atoms with Crippen molar-refractivity contribution in [3.8, 4) is 5.75 Å². The maximum absolute atomic E-state index is 12.9. The number of aliphatic hydroxyl groups is 1. The molecule has 2 N–H and O–H groups in total. The summed E-state index contributed by atoms with van der Waals surface area (Å²) < 4.78 is 18.5. The van der Waals surface area contributed by atoms with Gasteiger partial charge in [0.15, 0.2) is 0 Å². The zero-order valence-corrected chi connectivity index (χ0v) is 13.8. The van der Waals surface area contributed by atoms with Crippen molar-refractivity contribution in [2.24, 2.45) is 5.92 Å². The predicted molar refractivity (Wildman–Crippen MR) is 88.3 cm³/mol. The highest BCUT2D eigenvalue weighted by Gasteiger charge is 2.38. The van der Waals surface area contributed by atoms with Crippen LogP contribution in [0.1, 0.15) is 25.7 Å². The summed E-state index contributed by atoms with van der Waals surface area (Å²) in [5, 5.41) is 14.1. The highest BCUT2D eigenvalue weighted by molar-refractivity contribution is 5.79. The first-order valence-corrected chi connectivity index (χ1v) is 8.66. The van der Waals surface area contributed by atoms with Crippen molar-refractivity contribution in [1.82, 2.24) is 10.2 Å². The van der Waals surface area contributed by atoms with Gasteiger partial charge in [-0.3, -0.25) is 4.79 Å². The topological polar surface area (TPSA) is 61.8 Å². The largest absolute Gasteiger partial charge is 0.491 e. The quantitative estimate of drug-likeness (QED) is 0.876. The van der Waals surface area contributed by atoms with E-state index in [4.69, 9.17) is 4.74 Å². The molecule has 0 saturated carbocycles. The third-order valence-corrected chi connectivity index (χ3v) is 4.88. The highest BCUT2D eigenvalue weighted by atomic mass is 19.1. The van der Waals surface area contributed by atoms with Crippen LogP contribution in [0.5, 0.6) is 5.75 Å². The van der Waals surface area contributed by atoms with Crippen LogP contribution in [0, 0.1) is 11.7 Å². The molecule has 6 heteroatoms. The van der Waals surface area contributed by atoms with Crippen molar-refractivity contribution in [3.05, 3.63) is 30.1 Å². The number of likely N-dealkylation sites (tertiary alicyclic amines) is 1. The fourth-order valence-electron chi connectivity index (χ4n) is 3.49. The first kappa shape index (κ1) is 17.2. The van der Waals surface area contributed by atoms with Gasteiger partial charge in [0.2, 0.25) is 5.91 Å². The van der Waals surface area contributed by atoms with Gasteiger partial charge in [-0.2, -0.15) is 0 Å². The predicted octanol–water partition coefficient (Wildman–Crippen LogP) is 1.56. The zero-order valence-electron chi connectivity index (χ0n) is 13.8. The Morgan fingerprint density at radius 3 is 2.75 bits per heavy atom. The molecule has 2 saturated heterocycles. The molecule has 1 amide bonds. The normalized spacial score (nSPS) is 25.5. The number of hydrogen-bond donors (Lipinski definition) is 2. The maximum Gasteiger partial charge on any atom is 0.225 e. The van der Waals surface area contributed by atoms with Crippen LogP contribution in [0.25, 0.3) is 0 Å². The molecule has 2 fully saturated rings. The lowest BCUT2D eigenvalue weighted by atomic mass is 9.90. The Hall–Kier alpha value is -1.66. The van der Waals surface area contributed by atoms with Gasteiger partial charge in [0.1, 0.15) is 23.8 Å². The van der Waals surface area contributed by atoms with E-state index in [-0.39, 0.29) is 24.2 Å². The molecule has 0 bridgehead atoms. The van der Waals surface area contributed by atoms with Gasteiger partial charge in [0.25, 0.3) is 0 Å². The number of carbonyl (C=O) groups is 1. The molecule has 0 spiro atoms. The Morgan fingerprint density at radius 1 is 1.33 bits per heavy atom. The maximum atomic E-state index is 12.9. The summed E-state index contributed by atoms with van der Waals surface area (Å²) in [6.45, 7) is 2.86. The average molecular weight is 336 g/mol. The van der Waals surface area contributed by atoms with Crippen LogP contribution in [0.4, 0.5) is 4.39 Å². The molecule has 3 rings (SSSR count). The van der Waals surface area contributed by atoms with E-state index in [1.165, 1.54) is 12.1 Å². The van der Waals surface area contributed by atoms with E-state index in [1.807, 2.05) is 0 Å². The number of carbonyl (C=O) groups excluding carboxylic acids is 1. The number of β-amino-alcohol motifs (C(OH)–C–C–N with tert-alkyl or cyclic N) is 1. The zero-order chi connectivity index (χ0) is 17.0. The summed E-state index contributed by atoms with van der Waals surface area (Å²) in [6.07, 6.45) is 3.09. The van der Waals surface area contributed by atoms with E-state index in [0.29, 0.717) is 25.3 Å². The third kappa shape index (κ3) is 4.24. The summed E-state index contributed by atoms with van der Waals surface area (Å²) in [4.78, 5) is 14.4. The Kier molecular flexibility index (Phi) is 5.36. The summed E-state index contributed by atoms with van der Waals surface area (Å²) in [5.41, 5.74) is -1.05. The molecule has 0 aliphatic carbocycles. The fraction of sp³-hybridized carbons (Fsp3) is 0.611. The second-order valence-corrected chi connectivity index (χ2v) is 6.85. The van der Waals surface area contributed by atoms with Crippen LogP contribution >= 0.6 is 0 Å². The minimum Gasteiger partial charge on any atom is -0.491 e. The Morgan fingerprint density at radius 2 is 2.04 bits per heavy atom. The second-order valence-electron chi connectivity index (χ2n) is 6.85. The molecule has 1 aromatic carbocycles. The minimum absolute atomic E-state index is 0.0617. The number of hydrogen-bond acceptors (Lipinski definition) is 4. The van der Waals surface area contributed by atoms with Gasteiger partial charge in [-0.1, -0.05) is 0 Å². The van der Waals surface area contributed by atoms with Crippen molar-refractivity contribution >= 4 is 5.91 Å². The number of benzene rings is 1. The van der Waals surface area contributed by atoms with Crippen LogP contribution in [0.3, 0.4) is 0 Å². The molecule has 1 aromatic rings. The monoisotopic (exact) mass is 336 g/mol. The molecular formula is C18H25FN2O3. The molecule has 2 heterocycles. The number of rotatable bonds is 4. The van der Waals surface area contributed by atoms with Gasteiger partial charge < -0.3 is 20.1 Å². The lowest BCUT2D eigenvalue weighted by Gasteiger charge is -2.40. The van der Waals surface area contributed by atoms with Crippen molar-refractivity contribution in [2.45, 2.75) is 31.3 Å². The first-order chi connectivity index (χ1) is 11.6. The van der Waals surface area contributed by atoms with Gasteiger partial charge in [-0.25, -0.2) is 4.39 Å². The average Bonchev–Trinajstić information content (AvgIpc) is 2.61. The molecule has 132 valence electrons.